The third kappa shape index (κ3) is 6.85. The van der Waals surface area contributed by atoms with Gasteiger partial charge in [-0.3, -0.25) is 5.32 Å². The largest absolute Gasteiger partial charge is 0.456 e. The zero-order valence-electron chi connectivity index (χ0n) is 21.6. The number of aromatic nitrogens is 2. The number of carbonyl (C=O) groups excluding carboxylic acids is 1. The highest BCUT2D eigenvalue weighted by Crippen LogP contribution is 2.46. The van der Waals surface area contributed by atoms with Gasteiger partial charge in [0.25, 0.3) is 0 Å². The van der Waals surface area contributed by atoms with Gasteiger partial charge in [0, 0.05) is 33.1 Å². The third-order valence-electron chi connectivity index (χ3n) is 6.13. The maximum absolute atomic E-state index is 14.7. The van der Waals surface area contributed by atoms with E-state index in [0.717, 1.165) is 49.4 Å². The van der Waals surface area contributed by atoms with E-state index >= 15 is 0 Å². The molecular formula is C27H36FN3O4Si. The summed E-state index contributed by atoms with van der Waals surface area (Å²) in [5, 5.41) is 3.38. The first-order valence-corrected chi connectivity index (χ1v) is 16.4. The van der Waals surface area contributed by atoms with E-state index in [-0.39, 0.29) is 5.69 Å². The molecule has 0 bridgehead atoms. The van der Waals surface area contributed by atoms with Crippen LogP contribution in [0.2, 0.25) is 25.7 Å². The zero-order chi connectivity index (χ0) is 25.7. The number of hydrogen-bond donors (Lipinski definition) is 1. The van der Waals surface area contributed by atoms with Crippen LogP contribution in [0.15, 0.2) is 36.7 Å². The predicted molar refractivity (Wildman–Crippen MR) is 142 cm³/mol. The summed E-state index contributed by atoms with van der Waals surface area (Å²) in [6.07, 6.45) is 7.08. The lowest BCUT2D eigenvalue weighted by Gasteiger charge is -2.15. The van der Waals surface area contributed by atoms with Crippen LogP contribution in [-0.2, 0) is 16.2 Å². The smallest absolute Gasteiger partial charge is 0.411 e. The van der Waals surface area contributed by atoms with Crippen LogP contribution in [0.5, 0.6) is 11.5 Å². The number of fused-ring (bicyclic) bond motifs is 1. The maximum Gasteiger partial charge on any atom is 0.411 e. The lowest BCUT2D eigenvalue weighted by atomic mass is 10.1. The monoisotopic (exact) mass is 513 g/mol. The molecule has 0 aliphatic heterocycles. The molecule has 1 aliphatic rings. The van der Waals surface area contributed by atoms with E-state index in [2.05, 4.69) is 36.1 Å². The second kappa shape index (κ2) is 11.4. The molecule has 3 aromatic rings. The highest BCUT2D eigenvalue weighted by Gasteiger charge is 2.29. The van der Waals surface area contributed by atoms with Crippen molar-refractivity contribution in [2.45, 2.75) is 70.9 Å². The highest BCUT2D eigenvalue weighted by atomic mass is 28.3. The summed E-state index contributed by atoms with van der Waals surface area (Å²) in [4.78, 5) is 16.5. The molecule has 4 rings (SSSR count). The first-order valence-electron chi connectivity index (χ1n) is 12.7. The van der Waals surface area contributed by atoms with Crippen molar-refractivity contribution in [2.24, 2.45) is 0 Å². The number of carbonyl (C=O) groups is 1. The van der Waals surface area contributed by atoms with Crippen LogP contribution in [-0.4, -0.2) is 36.9 Å². The van der Waals surface area contributed by atoms with Crippen LogP contribution in [0, 0.1) is 5.82 Å². The van der Waals surface area contributed by atoms with E-state index in [1.807, 2.05) is 11.5 Å². The van der Waals surface area contributed by atoms with Crippen LogP contribution in [0.1, 0.15) is 44.1 Å². The van der Waals surface area contributed by atoms with E-state index in [4.69, 9.17) is 14.2 Å². The molecule has 0 radical (unpaired) electrons. The minimum absolute atomic E-state index is 0.0454. The molecule has 1 saturated carbocycles. The molecule has 0 atom stereocenters. The van der Waals surface area contributed by atoms with Crippen molar-refractivity contribution in [3.05, 3.63) is 48.0 Å². The first-order chi connectivity index (χ1) is 17.2. The number of unbranched alkanes of at least 4 members (excludes halogenated alkanes) is 1. The first kappa shape index (κ1) is 26.2. The second-order valence-electron chi connectivity index (χ2n) is 10.5. The van der Waals surface area contributed by atoms with Crippen molar-refractivity contribution in [3.63, 3.8) is 0 Å². The number of ether oxygens (including phenoxy) is 3. The highest BCUT2D eigenvalue weighted by molar-refractivity contribution is 6.76. The second-order valence-corrected chi connectivity index (χ2v) is 16.2. The van der Waals surface area contributed by atoms with Crippen LogP contribution in [0.3, 0.4) is 0 Å². The van der Waals surface area contributed by atoms with Gasteiger partial charge in [-0.2, -0.15) is 0 Å². The molecule has 7 nitrogen and oxygen atoms in total. The number of rotatable bonds is 12. The number of pyridine rings is 1. The van der Waals surface area contributed by atoms with Crippen LogP contribution in [0.4, 0.5) is 14.9 Å². The Morgan fingerprint density at radius 1 is 1.22 bits per heavy atom. The lowest BCUT2D eigenvalue weighted by molar-refractivity contribution is 0.0898. The molecule has 0 unspecified atom stereocenters. The Balaban J connectivity index is 1.50. The Labute approximate surface area is 213 Å². The Morgan fingerprint density at radius 2 is 2.03 bits per heavy atom. The average Bonchev–Trinajstić information content (AvgIpc) is 3.60. The zero-order valence-corrected chi connectivity index (χ0v) is 22.6. The van der Waals surface area contributed by atoms with E-state index in [0.29, 0.717) is 30.8 Å². The molecule has 0 spiro atoms. The minimum atomic E-state index is -1.16. The van der Waals surface area contributed by atoms with E-state index < -0.39 is 20.0 Å². The van der Waals surface area contributed by atoms with E-state index in [1.54, 1.807) is 18.3 Å². The van der Waals surface area contributed by atoms with Crippen LogP contribution < -0.4 is 10.1 Å². The molecule has 1 aromatic carbocycles. The van der Waals surface area contributed by atoms with Crippen LogP contribution >= 0.6 is 0 Å². The molecule has 2 heterocycles. The lowest BCUT2D eigenvalue weighted by Crippen LogP contribution is -2.22. The topological polar surface area (TPSA) is 74.6 Å². The quantitative estimate of drug-likeness (QED) is 0.200. The molecule has 0 saturated heterocycles. The van der Waals surface area contributed by atoms with Crippen molar-refractivity contribution in [1.82, 2.24) is 9.55 Å². The van der Waals surface area contributed by atoms with Gasteiger partial charge in [-0.25, -0.2) is 14.2 Å². The molecule has 2 aromatic heterocycles. The molecular weight excluding hydrogens is 477 g/mol. The summed E-state index contributed by atoms with van der Waals surface area (Å²) in [5.41, 5.74) is 2.04. The normalized spacial score (nSPS) is 13.7. The van der Waals surface area contributed by atoms with Gasteiger partial charge in [0.1, 0.15) is 23.9 Å². The van der Waals surface area contributed by atoms with Crippen molar-refractivity contribution >= 4 is 30.9 Å². The number of amides is 1. The fraction of sp³-hybridized carbons (Fsp3) is 0.481. The molecule has 1 aliphatic carbocycles. The summed E-state index contributed by atoms with van der Waals surface area (Å²) in [7, 11) is -1.16. The number of benzene rings is 1. The number of nitrogens with zero attached hydrogens (tertiary/aromatic N) is 2. The number of nitrogens with one attached hydrogen (secondary N) is 1. The van der Waals surface area contributed by atoms with Gasteiger partial charge in [0.15, 0.2) is 5.82 Å². The Morgan fingerprint density at radius 3 is 2.72 bits per heavy atom. The maximum atomic E-state index is 14.7. The molecule has 36 heavy (non-hydrogen) atoms. The SMILES string of the molecule is CCCCOC(=O)Nc1ccc(Oc2ccnc3c2c(C2CC2)cn3COCC[Si](C)(C)C)cc1F. The molecule has 194 valence electrons. The van der Waals surface area contributed by atoms with Crippen molar-refractivity contribution in [2.75, 3.05) is 18.5 Å². The number of hydrogen-bond acceptors (Lipinski definition) is 5. The van der Waals surface area contributed by atoms with Gasteiger partial charge in [0.05, 0.1) is 17.7 Å². The fourth-order valence-corrected chi connectivity index (χ4v) is 4.64. The van der Waals surface area contributed by atoms with Crippen molar-refractivity contribution in [1.29, 1.82) is 0 Å². The van der Waals surface area contributed by atoms with E-state index in [1.165, 1.54) is 17.7 Å². The Hall–Kier alpha value is -2.91. The third-order valence-corrected chi connectivity index (χ3v) is 7.83. The average molecular weight is 514 g/mol. The molecule has 1 fully saturated rings. The van der Waals surface area contributed by atoms with Gasteiger partial charge in [-0.05, 0) is 55.0 Å². The fourth-order valence-electron chi connectivity index (χ4n) is 3.89. The standard InChI is InChI=1S/C27H36FN3O4Si/c1-5-6-13-34-27(32)30-23-10-9-20(16-22(23)28)35-24-11-12-29-26-25(24)21(19-7-8-19)17-31(26)18-33-14-15-36(2,3)4/h9-12,16-17,19H,5-8,13-15,18H2,1-4H3,(H,30,32). The van der Waals surface area contributed by atoms with Gasteiger partial charge in [-0.15, -0.1) is 0 Å². The van der Waals surface area contributed by atoms with Gasteiger partial charge >= 0.3 is 6.09 Å². The Kier molecular flexibility index (Phi) is 8.30. The molecule has 1 N–H and O–H groups in total. The Bertz CT molecular complexity index is 1200. The summed E-state index contributed by atoms with van der Waals surface area (Å²) >= 11 is 0. The van der Waals surface area contributed by atoms with Gasteiger partial charge in [0.2, 0.25) is 0 Å². The molecule has 9 heteroatoms. The van der Waals surface area contributed by atoms with Gasteiger partial charge in [-0.1, -0.05) is 33.0 Å². The van der Waals surface area contributed by atoms with Gasteiger partial charge < -0.3 is 18.8 Å². The predicted octanol–water partition coefficient (Wildman–Crippen LogP) is 7.51. The molecule has 1 amide bonds. The number of anilines is 1. The van der Waals surface area contributed by atoms with Crippen molar-refractivity contribution < 1.29 is 23.4 Å². The summed E-state index contributed by atoms with van der Waals surface area (Å²) in [6.45, 7) is 10.5. The number of halogens is 1. The van der Waals surface area contributed by atoms with Crippen molar-refractivity contribution in [3.8, 4) is 11.5 Å². The van der Waals surface area contributed by atoms with E-state index in [9.17, 15) is 9.18 Å². The summed E-state index contributed by atoms with van der Waals surface area (Å²) in [5.74, 6) is 0.845. The summed E-state index contributed by atoms with van der Waals surface area (Å²) < 4.78 is 33.9. The minimum Gasteiger partial charge on any atom is -0.456 e. The van der Waals surface area contributed by atoms with Crippen LogP contribution in [0.25, 0.3) is 11.0 Å². The summed E-state index contributed by atoms with van der Waals surface area (Å²) in [6, 6.07) is 7.28.